The molecule has 1 aliphatic heterocycles. The van der Waals surface area contributed by atoms with Crippen LogP contribution in [0.4, 0.5) is 15.8 Å². The zero-order chi connectivity index (χ0) is 22.2. The number of rotatable bonds is 5. The van der Waals surface area contributed by atoms with Gasteiger partial charge in [-0.1, -0.05) is 12.1 Å². The molecule has 2 aromatic carbocycles. The van der Waals surface area contributed by atoms with E-state index in [4.69, 9.17) is 0 Å². The summed E-state index contributed by atoms with van der Waals surface area (Å²) >= 11 is 1.40. The Hall–Kier alpha value is -2.65. The second kappa shape index (κ2) is 8.47. The molecule has 0 saturated carbocycles. The first-order valence-electron chi connectivity index (χ1n) is 10.1. The summed E-state index contributed by atoms with van der Waals surface area (Å²) in [6.45, 7) is 4.30. The molecular formula is C22H24FN3O3S2. The average molecular weight is 462 g/mol. The molecule has 1 saturated heterocycles. The van der Waals surface area contributed by atoms with Gasteiger partial charge in [-0.2, -0.15) is 0 Å². The van der Waals surface area contributed by atoms with Gasteiger partial charge in [-0.15, -0.1) is 11.3 Å². The fraction of sp³-hybridized carbons (Fsp3) is 0.318. The van der Waals surface area contributed by atoms with Crippen LogP contribution in [-0.2, 0) is 10.0 Å². The largest absolute Gasteiger partial charge is 0.366 e. The average Bonchev–Trinajstić information content (AvgIpc) is 3.17. The van der Waals surface area contributed by atoms with E-state index in [1.165, 1.54) is 28.0 Å². The van der Waals surface area contributed by atoms with Crippen molar-refractivity contribution in [2.45, 2.75) is 6.92 Å². The number of benzene rings is 2. The lowest BCUT2D eigenvalue weighted by Gasteiger charge is -2.36. The smallest absolute Gasteiger partial charge is 0.264 e. The van der Waals surface area contributed by atoms with Gasteiger partial charge in [0, 0.05) is 37.4 Å². The number of sulfonamides is 1. The van der Waals surface area contributed by atoms with Gasteiger partial charge in [0.15, 0.2) is 0 Å². The molecular weight excluding hydrogens is 437 g/mol. The number of thiophene rings is 1. The molecule has 0 aliphatic carbocycles. The SMILES string of the molecule is CCN(c1ccc2sc(C(=O)N3CCN(c4ccccc4F)CC3)cc2c1)S(C)(=O)=O. The molecule has 1 aromatic heterocycles. The quantitative estimate of drug-likeness (QED) is 0.580. The summed E-state index contributed by atoms with van der Waals surface area (Å²) in [4.78, 5) is 17.4. The summed E-state index contributed by atoms with van der Waals surface area (Å²) < 4.78 is 40.3. The Bertz CT molecular complexity index is 1220. The first-order valence-corrected chi connectivity index (χ1v) is 12.7. The van der Waals surface area contributed by atoms with Crippen LogP contribution in [0.15, 0.2) is 48.5 Å². The standard InChI is InChI=1S/C22H24FN3O3S2/c1-3-26(31(2,28)29)17-8-9-20-16(14-17)15-21(30-20)22(27)25-12-10-24(11-13-25)19-7-5-4-6-18(19)23/h4-9,14-15H,3,10-13H2,1-2H3. The number of nitrogens with zero attached hydrogens (tertiary/aromatic N) is 3. The molecule has 1 amide bonds. The Morgan fingerprint density at radius 2 is 1.81 bits per heavy atom. The van der Waals surface area contributed by atoms with Gasteiger partial charge in [0.25, 0.3) is 5.91 Å². The fourth-order valence-corrected chi connectivity index (χ4v) is 5.89. The molecule has 6 nitrogen and oxygen atoms in total. The van der Waals surface area contributed by atoms with Crippen LogP contribution in [0.3, 0.4) is 0 Å². The van der Waals surface area contributed by atoms with E-state index in [9.17, 15) is 17.6 Å². The van der Waals surface area contributed by atoms with E-state index in [1.54, 1.807) is 30.0 Å². The number of carbonyl (C=O) groups is 1. The van der Waals surface area contributed by atoms with Crippen molar-refractivity contribution in [2.75, 3.05) is 48.2 Å². The maximum absolute atomic E-state index is 14.0. The van der Waals surface area contributed by atoms with Crippen molar-refractivity contribution >= 4 is 48.7 Å². The van der Waals surface area contributed by atoms with Crippen molar-refractivity contribution in [3.8, 4) is 0 Å². The Morgan fingerprint density at radius 3 is 2.45 bits per heavy atom. The van der Waals surface area contributed by atoms with E-state index in [1.807, 2.05) is 29.2 Å². The number of fused-ring (bicyclic) bond motifs is 1. The number of hydrogen-bond donors (Lipinski definition) is 0. The van der Waals surface area contributed by atoms with Crippen LogP contribution in [0.5, 0.6) is 0 Å². The molecule has 0 unspecified atom stereocenters. The van der Waals surface area contributed by atoms with E-state index in [2.05, 4.69) is 0 Å². The normalized spacial score (nSPS) is 14.8. The van der Waals surface area contributed by atoms with Crippen molar-refractivity contribution in [3.63, 3.8) is 0 Å². The van der Waals surface area contributed by atoms with Gasteiger partial charge in [0.2, 0.25) is 10.0 Å². The zero-order valence-corrected chi connectivity index (χ0v) is 19.0. The van der Waals surface area contributed by atoms with Crippen LogP contribution < -0.4 is 9.21 Å². The maximum Gasteiger partial charge on any atom is 0.264 e. The van der Waals surface area contributed by atoms with Gasteiger partial charge >= 0.3 is 0 Å². The Balaban J connectivity index is 1.50. The van der Waals surface area contributed by atoms with Gasteiger partial charge in [0.1, 0.15) is 5.82 Å². The predicted molar refractivity (Wildman–Crippen MR) is 124 cm³/mol. The minimum atomic E-state index is -3.36. The molecule has 164 valence electrons. The van der Waals surface area contributed by atoms with Crippen LogP contribution in [-0.4, -0.2) is 58.2 Å². The number of amides is 1. The number of halogens is 1. The Kier molecular flexibility index (Phi) is 5.90. The van der Waals surface area contributed by atoms with Gasteiger partial charge < -0.3 is 9.80 Å². The monoisotopic (exact) mass is 461 g/mol. The van der Waals surface area contributed by atoms with Gasteiger partial charge in [-0.3, -0.25) is 9.10 Å². The summed E-state index contributed by atoms with van der Waals surface area (Å²) in [7, 11) is -3.36. The zero-order valence-electron chi connectivity index (χ0n) is 17.4. The lowest BCUT2D eigenvalue weighted by Crippen LogP contribution is -2.48. The summed E-state index contributed by atoms with van der Waals surface area (Å²) in [5.41, 5.74) is 1.16. The summed E-state index contributed by atoms with van der Waals surface area (Å²) in [5.74, 6) is -0.302. The van der Waals surface area contributed by atoms with E-state index in [-0.39, 0.29) is 11.7 Å². The molecule has 1 aliphatic rings. The minimum absolute atomic E-state index is 0.0496. The van der Waals surface area contributed by atoms with Crippen molar-refractivity contribution in [2.24, 2.45) is 0 Å². The lowest BCUT2D eigenvalue weighted by molar-refractivity contribution is 0.0751. The number of anilines is 2. The van der Waals surface area contributed by atoms with E-state index in [0.29, 0.717) is 49.0 Å². The van der Waals surface area contributed by atoms with Crippen LogP contribution in [0.1, 0.15) is 16.6 Å². The lowest BCUT2D eigenvalue weighted by atomic mass is 10.2. The first-order chi connectivity index (χ1) is 14.8. The summed E-state index contributed by atoms with van der Waals surface area (Å²) in [6.07, 6.45) is 1.18. The minimum Gasteiger partial charge on any atom is -0.366 e. The fourth-order valence-electron chi connectivity index (χ4n) is 3.91. The molecule has 0 radical (unpaired) electrons. The molecule has 9 heteroatoms. The second-order valence-corrected chi connectivity index (χ2v) is 10.5. The molecule has 0 N–H and O–H groups in total. The van der Waals surface area contributed by atoms with Gasteiger partial charge in [-0.25, -0.2) is 12.8 Å². The van der Waals surface area contributed by atoms with Gasteiger partial charge in [0.05, 0.1) is 22.5 Å². The highest BCUT2D eigenvalue weighted by atomic mass is 32.2. The topological polar surface area (TPSA) is 60.9 Å². The highest BCUT2D eigenvalue weighted by molar-refractivity contribution is 7.92. The van der Waals surface area contributed by atoms with E-state index >= 15 is 0 Å². The third kappa shape index (κ3) is 4.38. The van der Waals surface area contributed by atoms with E-state index in [0.717, 1.165) is 10.1 Å². The van der Waals surface area contributed by atoms with Crippen LogP contribution in [0, 0.1) is 5.82 Å². The van der Waals surface area contributed by atoms with Crippen molar-refractivity contribution in [3.05, 3.63) is 59.2 Å². The van der Waals surface area contributed by atoms with Gasteiger partial charge in [-0.05, 0) is 48.7 Å². The highest BCUT2D eigenvalue weighted by Crippen LogP contribution is 2.31. The molecule has 2 heterocycles. The molecule has 31 heavy (non-hydrogen) atoms. The Morgan fingerprint density at radius 1 is 1.10 bits per heavy atom. The van der Waals surface area contributed by atoms with E-state index < -0.39 is 10.0 Å². The number of piperazine rings is 1. The molecule has 0 atom stereocenters. The van der Waals surface area contributed by atoms with Crippen LogP contribution in [0.25, 0.3) is 10.1 Å². The van der Waals surface area contributed by atoms with Crippen molar-refractivity contribution in [1.29, 1.82) is 0 Å². The number of carbonyl (C=O) groups excluding carboxylic acids is 1. The number of para-hydroxylation sites is 1. The van der Waals surface area contributed by atoms with Crippen LogP contribution in [0.2, 0.25) is 0 Å². The first kappa shape index (κ1) is 21.6. The molecule has 3 aromatic rings. The second-order valence-electron chi connectivity index (χ2n) is 7.49. The Labute approximate surface area is 185 Å². The summed E-state index contributed by atoms with van der Waals surface area (Å²) in [5, 5.41) is 0.845. The maximum atomic E-state index is 14.0. The molecule has 0 spiro atoms. The van der Waals surface area contributed by atoms with Crippen molar-refractivity contribution in [1.82, 2.24) is 4.90 Å². The summed E-state index contributed by atoms with van der Waals surface area (Å²) in [6, 6.07) is 13.9. The third-order valence-electron chi connectivity index (χ3n) is 5.45. The molecule has 4 rings (SSSR count). The third-order valence-corrected chi connectivity index (χ3v) is 7.82. The molecule has 1 fully saturated rings. The predicted octanol–water partition coefficient (Wildman–Crippen LogP) is 3.79. The van der Waals surface area contributed by atoms with Crippen molar-refractivity contribution < 1.29 is 17.6 Å². The highest BCUT2D eigenvalue weighted by Gasteiger charge is 2.25. The molecule has 0 bridgehead atoms. The van der Waals surface area contributed by atoms with Crippen LogP contribution >= 0.6 is 11.3 Å². The number of hydrogen-bond acceptors (Lipinski definition) is 5.